The minimum absolute atomic E-state index is 0.0505. The fourth-order valence-corrected chi connectivity index (χ4v) is 4.39. The van der Waals surface area contributed by atoms with Crippen LogP contribution in [0.15, 0.2) is 42.4 Å². The average molecular weight is 491 g/mol. The molecule has 1 aliphatic carbocycles. The van der Waals surface area contributed by atoms with Gasteiger partial charge in [-0.3, -0.25) is 9.59 Å². The van der Waals surface area contributed by atoms with E-state index in [0.29, 0.717) is 42.3 Å². The van der Waals surface area contributed by atoms with Gasteiger partial charge in [0.1, 0.15) is 30.1 Å². The lowest BCUT2D eigenvalue weighted by molar-refractivity contribution is -0.131. The zero-order valence-electron chi connectivity index (χ0n) is 19.9. The van der Waals surface area contributed by atoms with Crippen molar-refractivity contribution in [2.24, 2.45) is 11.8 Å². The largest absolute Gasteiger partial charge is 0.486 e. The summed E-state index contributed by atoms with van der Waals surface area (Å²) in [6.07, 6.45) is 3.18. The Bertz CT molecular complexity index is 1250. The number of anilines is 1. The van der Waals surface area contributed by atoms with Gasteiger partial charge in [-0.1, -0.05) is 13.0 Å². The van der Waals surface area contributed by atoms with Gasteiger partial charge in [0, 0.05) is 37.1 Å². The minimum Gasteiger partial charge on any atom is -0.486 e. The van der Waals surface area contributed by atoms with Gasteiger partial charge < -0.3 is 20.3 Å². The second-order valence-corrected chi connectivity index (χ2v) is 9.53. The Hall–Kier alpha value is -4.00. The topological polar surface area (TPSA) is 120 Å². The van der Waals surface area contributed by atoms with Gasteiger partial charge in [-0.25, -0.2) is 14.4 Å². The number of likely N-dealkylation sites (tertiary alicyclic amines) is 1. The molecule has 9 nitrogen and oxygen atoms in total. The number of hydrogen-bond donors (Lipinski definition) is 2. The second kappa shape index (κ2) is 9.93. The molecule has 3 heterocycles. The monoisotopic (exact) mass is 490 g/mol. The maximum atomic E-state index is 15.0. The van der Waals surface area contributed by atoms with Gasteiger partial charge in [-0.2, -0.15) is 5.26 Å². The Morgan fingerprint density at radius 1 is 1.25 bits per heavy atom. The van der Waals surface area contributed by atoms with Crippen LogP contribution in [0.2, 0.25) is 0 Å². The molecule has 0 bridgehead atoms. The van der Waals surface area contributed by atoms with Crippen molar-refractivity contribution < 1.29 is 18.7 Å². The first-order valence-corrected chi connectivity index (χ1v) is 12.1. The number of hydrogen-bond acceptors (Lipinski definition) is 7. The highest BCUT2D eigenvalue weighted by Gasteiger charge is 2.35. The summed E-state index contributed by atoms with van der Waals surface area (Å²) in [7, 11) is 0. The lowest BCUT2D eigenvalue weighted by atomic mass is 10.0. The maximum absolute atomic E-state index is 15.0. The molecule has 0 spiro atoms. The number of carbonyl (C=O) groups excluding carboxylic acids is 2. The minimum atomic E-state index is -1.38. The lowest BCUT2D eigenvalue weighted by Gasteiger charge is -2.35. The fourth-order valence-electron chi connectivity index (χ4n) is 4.39. The SMILES string of the molecule is CC1C=C(C(=O)N2CC[C@H](Oc3ccc(-c4cc(NC(=O)C5CC5)ncn4)cc3C#N)[C@H](F)C2)NC1. The second-order valence-electron chi connectivity index (χ2n) is 9.53. The molecule has 5 rings (SSSR count). The van der Waals surface area contributed by atoms with Crippen LogP contribution in [0.1, 0.15) is 31.7 Å². The number of halogens is 1. The van der Waals surface area contributed by atoms with Crippen LogP contribution in [0, 0.1) is 23.2 Å². The van der Waals surface area contributed by atoms with Crippen molar-refractivity contribution >= 4 is 17.6 Å². The molecule has 2 aliphatic heterocycles. The zero-order valence-corrected chi connectivity index (χ0v) is 19.9. The Balaban J connectivity index is 1.25. The molecule has 2 amide bonds. The highest BCUT2D eigenvalue weighted by Crippen LogP contribution is 2.31. The van der Waals surface area contributed by atoms with Crippen molar-refractivity contribution in [3.05, 3.63) is 47.9 Å². The quantitative estimate of drug-likeness (QED) is 0.639. The molecular formula is C26H27FN6O3. The molecule has 1 saturated carbocycles. The van der Waals surface area contributed by atoms with Crippen LogP contribution in [0.4, 0.5) is 10.2 Å². The van der Waals surface area contributed by atoms with E-state index in [1.165, 1.54) is 11.2 Å². The molecular weight excluding hydrogens is 463 g/mol. The predicted octanol–water partition coefficient (Wildman–Crippen LogP) is 2.80. The van der Waals surface area contributed by atoms with E-state index in [0.717, 1.165) is 12.8 Å². The predicted molar refractivity (Wildman–Crippen MR) is 129 cm³/mol. The van der Waals surface area contributed by atoms with Gasteiger partial charge in [0.2, 0.25) is 5.91 Å². The van der Waals surface area contributed by atoms with Crippen LogP contribution >= 0.6 is 0 Å². The van der Waals surface area contributed by atoms with Crippen LogP contribution < -0.4 is 15.4 Å². The normalized spacial score (nSPS) is 23.3. The Morgan fingerprint density at radius 3 is 2.78 bits per heavy atom. The molecule has 0 radical (unpaired) electrons. The maximum Gasteiger partial charge on any atom is 0.269 e. The highest BCUT2D eigenvalue weighted by molar-refractivity contribution is 5.94. The molecule has 10 heteroatoms. The smallest absolute Gasteiger partial charge is 0.269 e. The zero-order chi connectivity index (χ0) is 25.2. The molecule has 2 aromatic rings. The summed E-state index contributed by atoms with van der Waals surface area (Å²) in [4.78, 5) is 34.5. The molecule has 3 atom stereocenters. The number of nitrogens with one attached hydrogen (secondary N) is 2. The first-order chi connectivity index (χ1) is 17.4. The van der Waals surface area contributed by atoms with Gasteiger partial charge in [0.25, 0.3) is 5.91 Å². The molecule has 3 aliphatic rings. The first kappa shape index (κ1) is 23.7. The van der Waals surface area contributed by atoms with E-state index in [1.807, 2.05) is 13.0 Å². The van der Waals surface area contributed by atoms with E-state index in [2.05, 4.69) is 26.7 Å². The van der Waals surface area contributed by atoms with Crippen LogP contribution in [0.5, 0.6) is 5.75 Å². The van der Waals surface area contributed by atoms with Gasteiger partial charge >= 0.3 is 0 Å². The van der Waals surface area contributed by atoms with Crippen LogP contribution in [0.3, 0.4) is 0 Å². The number of nitriles is 1. The summed E-state index contributed by atoms with van der Waals surface area (Å²) in [6, 6.07) is 8.73. The van der Waals surface area contributed by atoms with Crippen molar-refractivity contribution in [1.29, 1.82) is 5.26 Å². The van der Waals surface area contributed by atoms with Gasteiger partial charge in [0.05, 0.1) is 23.5 Å². The molecule has 36 heavy (non-hydrogen) atoms. The highest BCUT2D eigenvalue weighted by atomic mass is 19.1. The Labute approximate surface area is 208 Å². The number of nitrogens with zero attached hydrogens (tertiary/aromatic N) is 4. The number of rotatable bonds is 6. The molecule has 1 aromatic carbocycles. The number of aromatic nitrogens is 2. The molecule has 186 valence electrons. The van der Waals surface area contributed by atoms with E-state index in [4.69, 9.17) is 4.74 Å². The standard InChI is InChI=1S/C26H27FN6O3/c1-15-8-21(29-12-15)26(35)33-7-6-23(19(27)13-33)36-22-5-4-17(9-18(22)11-28)20-10-24(31-14-30-20)32-25(34)16-2-3-16/h4-5,8-10,14-16,19,23,29H,2-3,6-7,12-13H2,1H3,(H,30,31,32,34)/t15?,19-,23+/m1/s1. The van der Waals surface area contributed by atoms with Crippen molar-refractivity contribution in [3.63, 3.8) is 0 Å². The number of benzene rings is 1. The van der Waals surface area contributed by atoms with E-state index in [-0.39, 0.29) is 41.5 Å². The van der Waals surface area contributed by atoms with Crippen molar-refractivity contribution in [1.82, 2.24) is 20.2 Å². The number of alkyl halides is 1. The summed E-state index contributed by atoms with van der Waals surface area (Å²) < 4.78 is 20.9. The summed E-state index contributed by atoms with van der Waals surface area (Å²) in [5.41, 5.74) is 1.96. The van der Waals surface area contributed by atoms with Crippen molar-refractivity contribution in [2.75, 3.05) is 25.0 Å². The van der Waals surface area contributed by atoms with Crippen molar-refractivity contribution in [2.45, 2.75) is 38.5 Å². The Morgan fingerprint density at radius 2 is 2.08 bits per heavy atom. The van der Waals surface area contributed by atoms with Crippen LogP contribution in [-0.2, 0) is 9.59 Å². The van der Waals surface area contributed by atoms with E-state index >= 15 is 4.39 Å². The van der Waals surface area contributed by atoms with E-state index in [1.54, 1.807) is 24.3 Å². The summed E-state index contributed by atoms with van der Waals surface area (Å²) >= 11 is 0. The number of piperidine rings is 1. The lowest BCUT2D eigenvalue weighted by Crippen LogP contribution is -2.50. The molecule has 1 saturated heterocycles. The third-order valence-electron chi connectivity index (χ3n) is 6.61. The Kier molecular flexibility index (Phi) is 6.55. The van der Waals surface area contributed by atoms with Crippen LogP contribution in [-0.4, -0.2) is 58.6 Å². The number of ether oxygens (including phenoxy) is 1. The van der Waals surface area contributed by atoms with E-state index in [9.17, 15) is 14.9 Å². The van der Waals surface area contributed by atoms with E-state index < -0.39 is 12.3 Å². The molecule has 2 fully saturated rings. The summed E-state index contributed by atoms with van der Waals surface area (Å²) in [6.45, 7) is 3.03. The number of amides is 2. The third-order valence-corrected chi connectivity index (χ3v) is 6.61. The third kappa shape index (κ3) is 5.15. The number of carbonyl (C=O) groups is 2. The first-order valence-electron chi connectivity index (χ1n) is 12.1. The molecule has 1 aromatic heterocycles. The van der Waals surface area contributed by atoms with Crippen LogP contribution in [0.25, 0.3) is 11.3 Å². The van der Waals surface area contributed by atoms with Gasteiger partial charge in [0.15, 0.2) is 6.17 Å². The fraction of sp³-hybridized carbons (Fsp3) is 0.423. The molecule has 1 unspecified atom stereocenters. The average Bonchev–Trinajstić information content (AvgIpc) is 3.65. The molecule has 2 N–H and O–H groups in total. The summed E-state index contributed by atoms with van der Waals surface area (Å²) in [5.74, 6) is 0.748. The summed E-state index contributed by atoms with van der Waals surface area (Å²) in [5, 5.41) is 15.6. The van der Waals surface area contributed by atoms with Gasteiger partial charge in [-0.15, -0.1) is 0 Å². The van der Waals surface area contributed by atoms with Crippen molar-refractivity contribution in [3.8, 4) is 23.1 Å². The van der Waals surface area contributed by atoms with Gasteiger partial charge in [-0.05, 0) is 37.0 Å².